The molecule has 0 aliphatic carbocycles. The number of rotatable bonds is 14. The van der Waals surface area contributed by atoms with E-state index in [4.69, 9.17) is 17.7 Å². The summed E-state index contributed by atoms with van der Waals surface area (Å²) in [7, 11) is -4.65. The van der Waals surface area contributed by atoms with Crippen LogP contribution in [0.15, 0.2) is 0 Å². The van der Waals surface area contributed by atoms with Gasteiger partial charge in [-0.05, 0) is 47.2 Å². The molecule has 6 heteroatoms. The summed E-state index contributed by atoms with van der Waals surface area (Å²) in [6, 6.07) is 0. The zero-order valence-electron chi connectivity index (χ0n) is 15.9. The Hall–Kier alpha value is 0.274. The van der Waals surface area contributed by atoms with Crippen LogP contribution in [-0.4, -0.2) is 43.5 Å². The van der Waals surface area contributed by atoms with Crippen LogP contribution in [0.3, 0.4) is 0 Å². The Morgan fingerprint density at radius 1 is 0.636 bits per heavy atom. The maximum absolute atomic E-state index is 6.19. The Bertz CT molecular complexity index is 243. The minimum absolute atomic E-state index is 0.298. The quantitative estimate of drug-likeness (QED) is 0.334. The summed E-state index contributed by atoms with van der Waals surface area (Å²) in [5, 5.41) is 0.298. The van der Waals surface area contributed by atoms with Gasteiger partial charge < -0.3 is 17.7 Å². The fourth-order valence-corrected chi connectivity index (χ4v) is 12.8. The molecule has 0 aromatic rings. The predicted molar refractivity (Wildman–Crippen MR) is 97.6 cm³/mol. The molecule has 22 heavy (non-hydrogen) atoms. The molecule has 0 aliphatic rings. The third-order valence-electron chi connectivity index (χ3n) is 4.09. The fraction of sp³-hybridized carbons (Fsp3) is 1.00. The monoisotopic (exact) mass is 350 g/mol. The molecule has 0 rings (SSSR count). The maximum atomic E-state index is 6.19. The topological polar surface area (TPSA) is 36.9 Å². The summed E-state index contributed by atoms with van der Waals surface area (Å²) in [4.78, 5) is 0. The molecule has 134 valence electrons. The molecule has 0 aromatic heterocycles. The third-order valence-corrected chi connectivity index (χ3v) is 13.8. The van der Waals surface area contributed by atoms with E-state index in [-0.39, 0.29) is 0 Å². The molecule has 0 radical (unpaired) electrons. The van der Waals surface area contributed by atoms with Crippen molar-refractivity contribution in [1.29, 1.82) is 0 Å². The van der Waals surface area contributed by atoms with Gasteiger partial charge in [-0.3, -0.25) is 0 Å². The first-order valence-corrected chi connectivity index (χ1v) is 13.8. The normalized spacial score (nSPS) is 13.1. The smallest absolute Gasteiger partial charge is 0.340 e. The van der Waals surface area contributed by atoms with Gasteiger partial charge in [0, 0.05) is 31.6 Å². The molecular formula is C16H38O4Si2. The Morgan fingerprint density at radius 2 is 1.00 bits per heavy atom. The molecule has 0 unspecified atom stereocenters. The van der Waals surface area contributed by atoms with E-state index < -0.39 is 17.1 Å². The lowest BCUT2D eigenvalue weighted by Gasteiger charge is -2.42. The van der Waals surface area contributed by atoms with Crippen molar-refractivity contribution in [2.24, 2.45) is 0 Å². The van der Waals surface area contributed by atoms with E-state index in [0.29, 0.717) is 31.6 Å². The highest BCUT2D eigenvalue weighted by molar-refractivity contribution is 6.87. The van der Waals surface area contributed by atoms with Crippen molar-refractivity contribution < 1.29 is 17.7 Å². The Morgan fingerprint density at radius 3 is 1.27 bits per heavy atom. The minimum Gasteiger partial charge on any atom is -0.395 e. The van der Waals surface area contributed by atoms with Gasteiger partial charge in [-0.15, -0.1) is 0 Å². The van der Waals surface area contributed by atoms with Crippen LogP contribution >= 0.6 is 0 Å². The van der Waals surface area contributed by atoms with Gasteiger partial charge in [0.15, 0.2) is 0 Å². The Kier molecular flexibility index (Phi) is 11.9. The molecule has 0 saturated carbocycles. The maximum Gasteiger partial charge on any atom is 0.340 e. The van der Waals surface area contributed by atoms with E-state index >= 15 is 0 Å². The molecule has 0 spiro atoms. The van der Waals surface area contributed by atoms with Crippen molar-refractivity contribution in [2.75, 3.05) is 26.4 Å². The van der Waals surface area contributed by atoms with Crippen molar-refractivity contribution in [3.63, 3.8) is 0 Å². The first kappa shape index (κ1) is 22.3. The first-order chi connectivity index (χ1) is 10.4. The van der Waals surface area contributed by atoms with E-state index in [1.165, 1.54) is 19.3 Å². The number of hydrogen-bond acceptors (Lipinski definition) is 4. The SMILES string of the molecule is CCCCCC([Si](C)(OCC)OCC)[Si](C)(OCC)OCC. The van der Waals surface area contributed by atoms with E-state index in [1.807, 2.05) is 27.7 Å². The minimum atomic E-state index is -2.33. The highest BCUT2D eigenvalue weighted by Gasteiger charge is 2.55. The van der Waals surface area contributed by atoms with Crippen LogP contribution in [0, 0.1) is 0 Å². The summed E-state index contributed by atoms with van der Waals surface area (Å²) < 4.78 is 24.8. The zero-order valence-corrected chi connectivity index (χ0v) is 17.9. The van der Waals surface area contributed by atoms with Gasteiger partial charge >= 0.3 is 17.1 Å². The summed E-state index contributed by atoms with van der Waals surface area (Å²) in [6.07, 6.45) is 4.73. The van der Waals surface area contributed by atoms with Crippen LogP contribution < -0.4 is 0 Å². The third kappa shape index (κ3) is 6.80. The highest BCUT2D eigenvalue weighted by Crippen LogP contribution is 2.39. The molecular weight excluding hydrogens is 312 g/mol. The largest absolute Gasteiger partial charge is 0.395 e. The van der Waals surface area contributed by atoms with Gasteiger partial charge in [-0.25, -0.2) is 0 Å². The van der Waals surface area contributed by atoms with E-state index in [1.54, 1.807) is 0 Å². The molecule has 0 saturated heterocycles. The summed E-state index contributed by atoms with van der Waals surface area (Å²) in [5.41, 5.74) is 0. The second-order valence-corrected chi connectivity index (χ2v) is 13.0. The first-order valence-electron chi connectivity index (χ1n) is 8.99. The number of hydrogen-bond donors (Lipinski definition) is 0. The van der Waals surface area contributed by atoms with Crippen molar-refractivity contribution in [2.45, 2.75) is 78.6 Å². The van der Waals surface area contributed by atoms with E-state index in [2.05, 4.69) is 20.0 Å². The molecule has 0 bridgehead atoms. The lowest BCUT2D eigenvalue weighted by molar-refractivity contribution is 0.152. The molecule has 0 fully saturated rings. The van der Waals surface area contributed by atoms with Gasteiger partial charge in [0.05, 0.1) is 0 Å². The second-order valence-electron chi connectivity index (χ2n) is 5.81. The molecule has 0 amide bonds. The van der Waals surface area contributed by atoms with Gasteiger partial charge in [-0.1, -0.05) is 26.2 Å². The highest BCUT2D eigenvalue weighted by atomic mass is 28.4. The van der Waals surface area contributed by atoms with E-state index in [9.17, 15) is 0 Å². The van der Waals surface area contributed by atoms with Gasteiger partial charge in [-0.2, -0.15) is 0 Å². The molecule has 4 nitrogen and oxygen atoms in total. The lowest BCUT2D eigenvalue weighted by Crippen LogP contribution is -2.58. The average molecular weight is 351 g/mol. The van der Waals surface area contributed by atoms with Gasteiger partial charge in [0.2, 0.25) is 0 Å². The zero-order chi connectivity index (χ0) is 17.1. The van der Waals surface area contributed by atoms with Gasteiger partial charge in [0.1, 0.15) is 0 Å². The Labute approximate surface area is 140 Å². The Balaban J connectivity index is 5.43. The fourth-order valence-electron chi connectivity index (χ4n) is 3.23. The summed E-state index contributed by atoms with van der Waals surface area (Å²) in [6.45, 7) is 17.6. The lowest BCUT2D eigenvalue weighted by atomic mass is 10.2. The molecule has 0 N–H and O–H groups in total. The summed E-state index contributed by atoms with van der Waals surface area (Å²) in [5.74, 6) is 0. The van der Waals surface area contributed by atoms with E-state index in [0.717, 1.165) is 6.42 Å². The molecule has 0 heterocycles. The average Bonchev–Trinajstić information content (AvgIpc) is 2.44. The summed E-state index contributed by atoms with van der Waals surface area (Å²) >= 11 is 0. The number of unbranched alkanes of at least 4 members (excludes halogenated alkanes) is 2. The van der Waals surface area contributed by atoms with Crippen LogP contribution in [0.2, 0.25) is 18.3 Å². The molecule has 0 aliphatic heterocycles. The van der Waals surface area contributed by atoms with Crippen LogP contribution in [0.25, 0.3) is 0 Å². The van der Waals surface area contributed by atoms with Crippen molar-refractivity contribution in [3.05, 3.63) is 0 Å². The van der Waals surface area contributed by atoms with Crippen molar-refractivity contribution in [1.82, 2.24) is 0 Å². The van der Waals surface area contributed by atoms with Crippen LogP contribution in [0.4, 0.5) is 0 Å². The second kappa shape index (κ2) is 11.8. The standard InChI is InChI=1S/C16H38O4Si2/c1-8-13-14-15-16(21(6,17-9-2)18-10-3)22(7,19-11-4)20-12-5/h16H,8-15H2,1-7H3. The van der Waals surface area contributed by atoms with Crippen molar-refractivity contribution >= 4 is 17.1 Å². The molecule has 0 atom stereocenters. The van der Waals surface area contributed by atoms with Gasteiger partial charge in [0.25, 0.3) is 0 Å². The predicted octanol–water partition coefficient (Wildman–Crippen LogP) is 4.77. The van der Waals surface area contributed by atoms with Crippen LogP contribution in [0.5, 0.6) is 0 Å². The molecule has 0 aromatic carbocycles. The van der Waals surface area contributed by atoms with Crippen LogP contribution in [0.1, 0.15) is 60.3 Å². The van der Waals surface area contributed by atoms with Crippen LogP contribution in [-0.2, 0) is 17.7 Å². The van der Waals surface area contributed by atoms with Crippen molar-refractivity contribution in [3.8, 4) is 0 Å².